The fourth-order valence-corrected chi connectivity index (χ4v) is 9.52. The first-order chi connectivity index (χ1) is 17.7. The lowest BCUT2D eigenvalue weighted by Crippen LogP contribution is -2.26. The maximum Gasteiger partial charge on any atom is 0.347 e. The Morgan fingerprint density at radius 2 is 1.19 bits per heavy atom. The first kappa shape index (κ1) is 22.4. The molecule has 174 valence electrons. The standard InChI is InChI=1S/C29H20N3O2PS/c33-29-25-26(23-18-10-11-19-24(23)34-29)30-32-31-28(27(25)36)35(20-12-4-1-5-13-20,21-14-6-2-7-15-21)22-16-8-3-9-17-22/h1-19H,(H,30,31). The van der Waals surface area contributed by atoms with Crippen molar-refractivity contribution in [3.05, 3.63) is 135 Å². The van der Waals surface area contributed by atoms with Crippen molar-refractivity contribution in [1.29, 1.82) is 0 Å². The van der Waals surface area contributed by atoms with Gasteiger partial charge in [0.05, 0.1) is 9.58 Å². The fraction of sp³-hybridized carbons (Fsp3) is 0. The van der Waals surface area contributed by atoms with E-state index in [1.54, 1.807) is 6.07 Å². The van der Waals surface area contributed by atoms with Crippen molar-refractivity contribution in [2.75, 3.05) is 0 Å². The second-order valence-electron chi connectivity index (χ2n) is 8.28. The Balaban J connectivity index is 2.00. The number of H-pyrrole nitrogens is 1. The lowest BCUT2D eigenvalue weighted by atomic mass is 10.2. The summed E-state index contributed by atoms with van der Waals surface area (Å²) in [7, 11) is 0. The lowest BCUT2D eigenvalue weighted by Gasteiger charge is -2.28. The summed E-state index contributed by atoms with van der Waals surface area (Å²) in [6, 6.07) is 38.1. The molecule has 7 heteroatoms. The maximum absolute atomic E-state index is 13.3. The molecule has 1 N–H and O–H groups in total. The van der Waals surface area contributed by atoms with Crippen LogP contribution in [0.3, 0.4) is 0 Å². The van der Waals surface area contributed by atoms with Crippen LogP contribution in [0.1, 0.15) is 0 Å². The third kappa shape index (κ3) is 3.46. The van der Waals surface area contributed by atoms with Crippen molar-refractivity contribution in [1.82, 2.24) is 15.4 Å². The molecule has 4 aromatic carbocycles. The monoisotopic (exact) mass is 505 g/mol. The molecule has 2 aromatic heterocycles. The van der Waals surface area contributed by atoms with Crippen LogP contribution in [-0.2, 0) is 0 Å². The number of nitrogens with one attached hydrogen (secondary N) is 1. The summed E-state index contributed by atoms with van der Waals surface area (Å²) in [5, 5.41) is 16.9. The van der Waals surface area contributed by atoms with E-state index in [0.29, 0.717) is 26.1 Å². The highest BCUT2D eigenvalue weighted by Crippen LogP contribution is 2.47. The van der Waals surface area contributed by atoms with Gasteiger partial charge < -0.3 is 4.42 Å². The molecule has 2 heterocycles. The van der Waals surface area contributed by atoms with Gasteiger partial charge in [0.2, 0.25) is 0 Å². The minimum absolute atomic E-state index is 0.250. The van der Waals surface area contributed by atoms with Crippen molar-refractivity contribution in [3.8, 4) is 0 Å². The van der Waals surface area contributed by atoms with Crippen LogP contribution in [0, 0.1) is 9.58 Å². The van der Waals surface area contributed by atoms with E-state index in [2.05, 4.69) is 51.8 Å². The number of rotatable bonds is 3. The van der Waals surface area contributed by atoms with E-state index in [1.807, 2.05) is 72.8 Å². The molecule has 0 aliphatic rings. The molecule has 0 fully saturated rings. The van der Waals surface area contributed by atoms with Crippen LogP contribution in [0.15, 0.2) is 124 Å². The van der Waals surface area contributed by atoms with Crippen LogP contribution in [0.25, 0.3) is 21.9 Å². The largest absolute Gasteiger partial charge is 0.422 e. The van der Waals surface area contributed by atoms with Gasteiger partial charge in [0.15, 0.2) is 0 Å². The van der Waals surface area contributed by atoms with Crippen LogP contribution in [0.4, 0.5) is 0 Å². The van der Waals surface area contributed by atoms with Crippen LogP contribution in [0.2, 0.25) is 0 Å². The van der Waals surface area contributed by atoms with Crippen LogP contribution in [0.5, 0.6) is 0 Å². The molecule has 0 unspecified atom stereocenters. The Bertz CT molecular complexity index is 1830. The molecular weight excluding hydrogens is 485 g/mol. The normalized spacial score (nSPS) is 11.6. The van der Waals surface area contributed by atoms with Gasteiger partial charge in [-0.3, -0.25) is 5.10 Å². The van der Waals surface area contributed by atoms with Crippen molar-refractivity contribution in [2.45, 2.75) is 0 Å². The van der Waals surface area contributed by atoms with Crippen LogP contribution in [-0.4, -0.2) is 15.4 Å². The quantitative estimate of drug-likeness (QED) is 0.200. The molecule has 5 nitrogen and oxygen atoms in total. The molecule has 0 spiro atoms. The number of aromatic amines is 1. The minimum atomic E-state index is -2.62. The number of fused-ring (bicyclic) bond motifs is 3. The highest BCUT2D eigenvalue weighted by Gasteiger charge is 2.28. The van der Waals surface area contributed by atoms with Gasteiger partial charge in [-0.2, -0.15) is 0 Å². The molecule has 0 radical (unpaired) electrons. The summed E-state index contributed by atoms with van der Waals surface area (Å²) in [6.07, 6.45) is 0. The average Bonchev–Trinajstić information content (AvgIpc) is 3.11. The van der Waals surface area contributed by atoms with Crippen LogP contribution >= 0.6 is 19.1 Å². The summed E-state index contributed by atoms with van der Waals surface area (Å²) < 4.78 is 6.05. The van der Waals surface area contributed by atoms with E-state index in [4.69, 9.17) is 16.6 Å². The number of hydrogen-bond acceptors (Lipinski definition) is 5. The summed E-state index contributed by atoms with van der Waals surface area (Å²) >= 11 is 6.12. The van der Waals surface area contributed by atoms with Gasteiger partial charge in [0.1, 0.15) is 16.5 Å². The van der Waals surface area contributed by atoms with E-state index in [-0.39, 0.29) is 5.39 Å². The molecule has 6 aromatic rings. The third-order valence-corrected chi connectivity index (χ3v) is 11.1. The number of nitrogens with zero attached hydrogens (tertiary/aromatic N) is 2. The second kappa shape index (κ2) is 9.15. The molecule has 0 amide bonds. The van der Waals surface area contributed by atoms with Gasteiger partial charge in [-0.25, -0.2) is 4.79 Å². The predicted molar refractivity (Wildman–Crippen MR) is 149 cm³/mol. The molecule has 0 aliphatic heterocycles. The van der Waals surface area contributed by atoms with Gasteiger partial charge in [-0.05, 0) is 28.0 Å². The van der Waals surface area contributed by atoms with Crippen molar-refractivity contribution in [3.63, 3.8) is 0 Å². The summed E-state index contributed by atoms with van der Waals surface area (Å²) in [4.78, 5) is 13.3. The van der Waals surface area contributed by atoms with Crippen LogP contribution < -0.4 is 21.5 Å². The van der Waals surface area contributed by atoms with Gasteiger partial charge in [-0.1, -0.05) is 121 Å². The van der Waals surface area contributed by atoms with Crippen molar-refractivity contribution in [2.24, 2.45) is 0 Å². The predicted octanol–water partition coefficient (Wildman–Crippen LogP) is 5.32. The average molecular weight is 506 g/mol. The summed E-state index contributed by atoms with van der Waals surface area (Å²) in [5.41, 5.74) is 0.337. The lowest BCUT2D eigenvalue weighted by molar-refractivity contribution is 0.569. The first-order valence-corrected chi connectivity index (χ1v) is 13.6. The van der Waals surface area contributed by atoms with Gasteiger partial charge in [-0.15, -0.1) is 5.10 Å². The summed E-state index contributed by atoms with van der Waals surface area (Å²) in [6.45, 7) is -2.62. The van der Waals surface area contributed by atoms with E-state index in [0.717, 1.165) is 15.9 Å². The molecule has 0 aliphatic carbocycles. The van der Waals surface area contributed by atoms with Crippen molar-refractivity contribution >= 4 is 56.9 Å². The number of benzene rings is 4. The second-order valence-corrected chi connectivity index (χ2v) is 12.0. The van der Waals surface area contributed by atoms with Crippen molar-refractivity contribution < 1.29 is 4.42 Å². The smallest absolute Gasteiger partial charge is 0.347 e. The Labute approximate surface area is 211 Å². The van der Waals surface area contributed by atoms with Gasteiger partial charge in [0, 0.05) is 12.3 Å². The van der Waals surface area contributed by atoms with Gasteiger partial charge >= 0.3 is 5.63 Å². The molecule has 0 saturated heterocycles. The van der Waals surface area contributed by atoms with E-state index in [1.165, 1.54) is 0 Å². The zero-order valence-electron chi connectivity index (χ0n) is 19.0. The zero-order chi connectivity index (χ0) is 24.5. The minimum Gasteiger partial charge on any atom is -0.422 e. The number of aromatic nitrogens is 3. The Morgan fingerprint density at radius 3 is 1.75 bits per heavy atom. The first-order valence-electron chi connectivity index (χ1n) is 11.4. The molecule has 0 bridgehead atoms. The summed E-state index contributed by atoms with van der Waals surface area (Å²) in [5.74, 6) is 0. The molecule has 0 atom stereocenters. The topological polar surface area (TPSA) is 71.8 Å². The fourth-order valence-electron chi connectivity index (χ4n) is 4.75. The third-order valence-electron chi connectivity index (χ3n) is 6.30. The Hall–Kier alpha value is -4.12. The number of hydrogen-bond donors (Lipinski definition) is 1. The maximum atomic E-state index is 13.3. The highest BCUT2D eigenvalue weighted by molar-refractivity contribution is 7.89. The highest BCUT2D eigenvalue weighted by atomic mass is 32.1. The van der Waals surface area contributed by atoms with E-state index >= 15 is 0 Å². The Morgan fingerprint density at radius 1 is 0.694 bits per heavy atom. The molecule has 0 saturated carbocycles. The zero-order valence-corrected chi connectivity index (χ0v) is 20.7. The van der Waals surface area contributed by atoms with Gasteiger partial charge in [0.25, 0.3) is 0 Å². The SMILES string of the molecule is O=c1oc2ccccc2c2nn[nH]c(=P(c3ccccc3)(c3ccccc3)c3ccccc3)c(=S)c12. The molecule has 6 rings (SSSR count). The van der Waals surface area contributed by atoms with E-state index in [9.17, 15) is 4.79 Å². The van der Waals surface area contributed by atoms with E-state index < -0.39 is 12.5 Å². The number of para-hydroxylation sites is 1. The molecular formula is C29H20N3O2PS. The molecule has 36 heavy (non-hydrogen) atoms. The Kier molecular flexibility index (Phi) is 5.68.